The molecule has 0 aliphatic rings. The molecule has 2 aromatic carbocycles. The highest BCUT2D eigenvalue weighted by Gasteiger charge is 2.09. The fourth-order valence-corrected chi connectivity index (χ4v) is 1.74. The van der Waals surface area contributed by atoms with E-state index in [2.05, 4.69) is 0 Å². The predicted octanol–water partition coefficient (Wildman–Crippen LogP) is 3.47. The van der Waals surface area contributed by atoms with E-state index >= 15 is 0 Å². The van der Waals surface area contributed by atoms with Crippen molar-refractivity contribution in [2.24, 2.45) is 5.73 Å². The van der Waals surface area contributed by atoms with Crippen LogP contribution in [0.2, 0.25) is 0 Å². The number of hydrogen-bond acceptors (Lipinski definition) is 2. The van der Waals surface area contributed by atoms with E-state index in [1.807, 2.05) is 48.3 Å². The van der Waals surface area contributed by atoms with E-state index < -0.39 is 0 Å². The molecule has 0 aliphatic heterocycles. The van der Waals surface area contributed by atoms with Crippen molar-refractivity contribution in [3.63, 3.8) is 0 Å². The zero-order valence-electron chi connectivity index (χ0n) is 10.1. The molecule has 0 heterocycles. The van der Waals surface area contributed by atoms with Gasteiger partial charge in [0.2, 0.25) is 0 Å². The van der Waals surface area contributed by atoms with Crippen LogP contribution < -0.4 is 10.6 Å². The number of hydrogen-bond donors (Lipinski definition) is 1. The van der Waals surface area contributed by atoms with Crippen LogP contribution in [0.3, 0.4) is 0 Å². The van der Waals surface area contributed by atoms with Gasteiger partial charge in [0.05, 0.1) is 5.69 Å². The maximum atomic E-state index is 13.9. The average Bonchev–Trinajstić information content (AvgIpc) is 2.39. The summed E-state index contributed by atoms with van der Waals surface area (Å²) in [5, 5.41) is 0. The summed E-state index contributed by atoms with van der Waals surface area (Å²) in [6.07, 6.45) is 0. The highest BCUT2D eigenvalue weighted by molar-refractivity contribution is 5.85. The zero-order chi connectivity index (χ0) is 12.3. The average molecular weight is 267 g/mol. The van der Waals surface area contributed by atoms with E-state index in [0.29, 0.717) is 12.2 Å². The lowest BCUT2D eigenvalue weighted by Gasteiger charge is -2.20. The number of benzene rings is 2. The van der Waals surface area contributed by atoms with E-state index in [9.17, 15) is 4.39 Å². The first-order chi connectivity index (χ1) is 8.22. The maximum Gasteiger partial charge on any atom is 0.147 e. The third-order valence-electron chi connectivity index (χ3n) is 2.75. The Labute approximate surface area is 113 Å². The van der Waals surface area contributed by atoms with Gasteiger partial charge in [-0.2, -0.15) is 0 Å². The molecular weight excluding hydrogens is 251 g/mol. The highest BCUT2D eigenvalue weighted by atomic mass is 35.5. The smallest absolute Gasteiger partial charge is 0.147 e. The summed E-state index contributed by atoms with van der Waals surface area (Å²) >= 11 is 0. The van der Waals surface area contributed by atoms with Crippen molar-refractivity contribution in [3.8, 4) is 0 Å². The van der Waals surface area contributed by atoms with Crippen LogP contribution in [0.4, 0.5) is 15.8 Å². The third kappa shape index (κ3) is 3.00. The fourth-order valence-electron chi connectivity index (χ4n) is 1.74. The van der Waals surface area contributed by atoms with Gasteiger partial charge in [0.1, 0.15) is 5.82 Å². The van der Waals surface area contributed by atoms with Crippen LogP contribution in [0.5, 0.6) is 0 Å². The van der Waals surface area contributed by atoms with Gasteiger partial charge in [-0.15, -0.1) is 12.4 Å². The van der Waals surface area contributed by atoms with Crippen LogP contribution >= 0.6 is 12.4 Å². The topological polar surface area (TPSA) is 29.3 Å². The Hall–Kier alpha value is -1.58. The molecule has 2 aromatic rings. The lowest BCUT2D eigenvalue weighted by atomic mass is 10.1. The molecule has 0 amide bonds. The Morgan fingerprint density at radius 2 is 1.78 bits per heavy atom. The van der Waals surface area contributed by atoms with Crippen molar-refractivity contribution in [1.29, 1.82) is 0 Å². The lowest BCUT2D eigenvalue weighted by Crippen LogP contribution is -2.11. The molecule has 96 valence electrons. The van der Waals surface area contributed by atoms with E-state index in [1.54, 1.807) is 6.07 Å². The summed E-state index contributed by atoms with van der Waals surface area (Å²) < 4.78 is 13.9. The second-order valence-corrected chi connectivity index (χ2v) is 3.88. The van der Waals surface area contributed by atoms with Crippen LogP contribution in [0.25, 0.3) is 0 Å². The van der Waals surface area contributed by atoms with Crippen LogP contribution in [-0.2, 0) is 6.54 Å². The normalized spacial score (nSPS) is 9.72. The molecule has 0 aromatic heterocycles. The lowest BCUT2D eigenvalue weighted by molar-refractivity contribution is 0.625. The number of nitrogens with two attached hydrogens (primary N) is 1. The summed E-state index contributed by atoms with van der Waals surface area (Å²) in [6, 6.07) is 14.8. The number of para-hydroxylation sites is 1. The molecule has 18 heavy (non-hydrogen) atoms. The Morgan fingerprint density at radius 3 is 2.33 bits per heavy atom. The monoisotopic (exact) mass is 266 g/mol. The molecule has 0 spiro atoms. The zero-order valence-corrected chi connectivity index (χ0v) is 11.0. The molecule has 4 heteroatoms. The quantitative estimate of drug-likeness (QED) is 0.922. The van der Waals surface area contributed by atoms with Crippen LogP contribution in [-0.4, -0.2) is 7.05 Å². The van der Waals surface area contributed by atoms with E-state index in [-0.39, 0.29) is 18.2 Å². The molecule has 0 aliphatic carbocycles. The highest BCUT2D eigenvalue weighted by Crippen LogP contribution is 2.26. The van der Waals surface area contributed by atoms with Gasteiger partial charge in [0.25, 0.3) is 0 Å². The molecule has 2 N–H and O–H groups in total. The summed E-state index contributed by atoms with van der Waals surface area (Å²) in [4.78, 5) is 1.82. The summed E-state index contributed by atoms with van der Waals surface area (Å²) in [5.41, 5.74) is 7.77. The van der Waals surface area contributed by atoms with Gasteiger partial charge in [-0.1, -0.05) is 24.3 Å². The number of anilines is 2. The van der Waals surface area contributed by atoms with Gasteiger partial charge in [-0.3, -0.25) is 0 Å². The fraction of sp³-hybridized carbons (Fsp3) is 0.143. The van der Waals surface area contributed by atoms with Gasteiger partial charge in [-0.05, 0) is 29.8 Å². The molecule has 0 atom stereocenters. The Kier molecular flexibility index (Phi) is 5.13. The first kappa shape index (κ1) is 14.5. The Morgan fingerprint density at radius 1 is 1.11 bits per heavy atom. The first-order valence-electron chi connectivity index (χ1n) is 5.49. The Bertz CT molecular complexity index is 502. The SMILES string of the molecule is CN(c1ccccc1)c1ccc(CN)cc1F.Cl. The van der Waals surface area contributed by atoms with Crippen LogP contribution in [0.1, 0.15) is 5.56 Å². The van der Waals surface area contributed by atoms with E-state index in [0.717, 1.165) is 11.3 Å². The number of rotatable bonds is 3. The molecular formula is C14H16ClFN2. The summed E-state index contributed by atoms with van der Waals surface area (Å²) in [6.45, 7) is 0.353. The Balaban J connectivity index is 0.00000162. The molecule has 0 saturated carbocycles. The largest absolute Gasteiger partial charge is 0.342 e. The second-order valence-electron chi connectivity index (χ2n) is 3.88. The minimum atomic E-state index is -0.251. The minimum Gasteiger partial charge on any atom is -0.342 e. The van der Waals surface area contributed by atoms with E-state index in [1.165, 1.54) is 6.07 Å². The van der Waals surface area contributed by atoms with Crippen molar-refractivity contribution in [2.45, 2.75) is 6.54 Å². The summed E-state index contributed by atoms with van der Waals surface area (Å²) in [5.74, 6) is -0.251. The van der Waals surface area contributed by atoms with Gasteiger partial charge in [0.15, 0.2) is 0 Å². The minimum absolute atomic E-state index is 0. The molecule has 0 radical (unpaired) electrons. The standard InChI is InChI=1S/C14H15FN2.ClH/c1-17(12-5-3-2-4-6-12)14-8-7-11(10-16)9-13(14)15;/h2-9H,10,16H2,1H3;1H. The third-order valence-corrected chi connectivity index (χ3v) is 2.75. The molecule has 0 fully saturated rings. The van der Waals surface area contributed by atoms with Crippen LogP contribution in [0, 0.1) is 5.82 Å². The van der Waals surface area contributed by atoms with Gasteiger partial charge in [-0.25, -0.2) is 4.39 Å². The van der Waals surface area contributed by atoms with Gasteiger partial charge < -0.3 is 10.6 Å². The maximum absolute atomic E-state index is 13.9. The summed E-state index contributed by atoms with van der Waals surface area (Å²) in [7, 11) is 1.84. The van der Waals surface area contributed by atoms with E-state index in [4.69, 9.17) is 5.73 Å². The van der Waals surface area contributed by atoms with Gasteiger partial charge in [0, 0.05) is 19.3 Å². The van der Waals surface area contributed by atoms with Crippen molar-refractivity contribution in [3.05, 3.63) is 59.9 Å². The first-order valence-corrected chi connectivity index (χ1v) is 5.49. The second kappa shape index (κ2) is 6.38. The molecule has 2 rings (SSSR count). The van der Waals surface area contributed by atoms with Crippen LogP contribution in [0.15, 0.2) is 48.5 Å². The molecule has 0 saturated heterocycles. The number of nitrogens with zero attached hydrogens (tertiary/aromatic N) is 1. The van der Waals surface area contributed by atoms with Crippen molar-refractivity contribution < 1.29 is 4.39 Å². The number of halogens is 2. The molecule has 2 nitrogen and oxygen atoms in total. The predicted molar refractivity (Wildman–Crippen MR) is 76.0 cm³/mol. The van der Waals surface area contributed by atoms with Crippen molar-refractivity contribution >= 4 is 23.8 Å². The van der Waals surface area contributed by atoms with Crippen molar-refractivity contribution in [1.82, 2.24) is 0 Å². The van der Waals surface area contributed by atoms with Gasteiger partial charge >= 0.3 is 0 Å². The molecule has 0 unspecified atom stereocenters. The molecule has 0 bridgehead atoms. The van der Waals surface area contributed by atoms with Crippen molar-refractivity contribution in [2.75, 3.05) is 11.9 Å².